The van der Waals surface area contributed by atoms with Gasteiger partial charge in [-0.2, -0.15) is 0 Å². The van der Waals surface area contributed by atoms with Crippen LogP contribution in [0.25, 0.3) is 0 Å². The molecule has 0 unspecified atom stereocenters. The van der Waals surface area contributed by atoms with Crippen LogP contribution in [0.1, 0.15) is 15.9 Å². The minimum atomic E-state index is -0.333. The summed E-state index contributed by atoms with van der Waals surface area (Å²) < 4.78 is 21.3. The van der Waals surface area contributed by atoms with E-state index in [0.29, 0.717) is 40.8 Å². The van der Waals surface area contributed by atoms with Crippen molar-refractivity contribution < 1.29 is 28.5 Å². The number of para-hydroxylation sites is 1. The van der Waals surface area contributed by atoms with Crippen molar-refractivity contribution in [3.63, 3.8) is 0 Å². The van der Waals surface area contributed by atoms with E-state index in [1.54, 1.807) is 56.7 Å². The van der Waals surface area contributed by atoms with Crippen LogP contribution in [0, 0.1) is 0 Å². The van der Waals surface area contributed by atoms with Gasteiger partial charge >= 0.3 is 0 Å². The zero-order valence-electron chi connectivity index (χ0n) is 18.7. The van der Waals surface area contributed by atoms with Gasteiger partial charge in [0.1, 0.15) is 11.5 Å². The number of benzene rings is 3. The molecule has 0 atom stereocenters. The van der Waals surface area contributed by atoms with Crippen LogP contribution < -0.4 is 29.6 Å². The minimum Gasteiger partial charge on any atom is -0.497 e. The molecule has 0 heterocycles. The van der Waals surface area contributed by atoms with Gasteiger partial charge in [-0.05, 0) is 48.5 Å². The molecule has 3 rings (SSSR count). The van der Waals surface area contributed by atoms with Crippen molar-refractivity contribution in [2.45, 2.75) is 6.54 Å². The molecule has 8 heteroatoms. The highest BCUT2D eigenvalue weighted by molar-refractivity contribution is 5.95. The molecule has 2 amide bonds. The highest BCUT2D eigenvalue weighted by atomic mass is 16.5. The van der Waals surface area contributed by atoms with Gasteiger partial charge in [0.15, 0.2) is 18.1 Å². The molecule has 0 aliphatic heterocycles. The van der Waals surface area contributed by atoms with Gasteiger partial charge < -0.3 is 29.6 Å². The Kier molecular flexibility index (Phi) is 8.13. The highest BCUT2D eigenvalue weighted by Gasteiger charge is 2.13. The third-order valence-electron chi connectivity index (χ3n) is 4.79. The van der Waals surface area contributed by atoms with Gasteiger partial charge in [0, 0.05) is 23.4 Å². The summed E-state index contributed by atoms with van der Waals surface area (Å²) in [6, 6.07) is 19.2. The van der Waals surface area contributed by atoms with Crippen molar-refractivity contribution in [3.8, 4) is 23.0 Å². The summed E-state index contributed by atoms with van der Waals surface area (Å²) in [7, 11) is 4.63. The molecule has 0 aliphatic carbocycles. The van der Waals surface area contributed by atoms with Gasteiger partial charge in [-0.25, -0.2) is 0 Å². The second-order valence-corrected chi connectivity index (χ2v) is 6.93. The van der Waals surface area contributed by atoms with E-state index in [2.05, 4.69) is 10.6 Å². The fourth-order valence-electron chi connectivity index (χ4n) is 3.07. The van der Waals surface area contributed by atoms with Crippen LogP contribution in [-0.4, -0.2) is 39.8 Å². The molecule has 0 saturated carbocycles. The van der Waals surface area contributed by atoms with E-state index in [1.807, 2.05) is 24.3 Å². The van der Waals surface area contributed by atoms with Crippen molar-refractivity contribution in [2.75, 3.05) is 33.3 Å². The Morgan fingerprint density at radius 3 is 2.21 bits per heavy atom. The fourth-order valence-corrected chi connectivity index (χ4v) is 3.07. The Bertz CT molecular complexity index is 1100. The third kappa shape index (κ3) is 6.39. The topological polar surface area (TPSA) is 95.1 Å². The quantitative estimate of drug-likeness (QED) is 0.490. The standard InChI is InChI=1S/C25H26N2O6/c1-30-20-11-9-19(10-12-20)27-24(28)16-33-22-13-8-17(14-23(22)32-3)25(29)26-15-18-6-4-5-7-21(18)31-2/h4-14H,15-16H2,1-3H3,(H,26,29)(H,27,28). The van der Waals surface area contributed by atoms with E-state index < -0.39 is 0 Å². The van der Waals surface area contributed by atoms with Gasteiger partial charge in [0.25, 0.3) is 11.8 Å². The lowest BCUT2D eigenvalue weighted by Crippen LogP contribution is -2.23. The van der Waals surface area contributed by atoms with Gasteiger partial charge in [0.2, 0.25) is 0 Å². The average molecular weight is 450 g/mol. The molecule has 2 N–H and O–H groups in total. The molecule has 0 fully saturated rings. The Morgan fingerprint density at radius 1 is 0.788 bits per heavy atom. The molecule has 0 saturated heterocycles. The summed E-state index contributed by atoms with van der Waals surface area (Å²) in [4.78, 5) is 24.8. The van der Waals surface area contributed by atoms with Crippen LogP contribution in [0.15, 0.2) is 66.7 Å². The lowest BCUT2D eigenvalue weighted by Gasteiger charge is -2.13. The maximum absolute atomic E-state index is 12.6. The predicted molar refractivity (Wildman–Crippen MR) is 124 cm³/mol. The smallest absolute Gasteiger partial charge is 0.262 e. The maximum atomic E-state index is 12.6. The summed E-state index contributed by atoms with van der Waals surface area (Å²) in [6.07, 6.45) is 0. The molecule has 33 heavy (non-hydrogen) atoms. The number of hydrogen-bond donors (Lipinski definition) is 2. The van der Waals surface area contributed by atoms with Crippen molar-refractivity contribution in [1.29, 1.82) is 0 Å². The van der Waals surface area contributed by atoms with Crippen LogP contribution in [0.3, 0.4) is 0 Å². The Hall–Kier alpha value is -4.20. The SMILES string of the molecule is COc1ccc(NC(=O)COc2ccc(C(=O)NCc3ccccc3OC)cc2OC)cc1. The first-order chi connectivity index (χ1) is 16.0. The van der Waals surface area contributed by atoms with Gasteiger partial charge in [-0.15, -0.1) is 0 Å². The Balaban J connectivity index is 1.58. The van der Waals surface area contributed by atoms with E-state index in [1.165, 1.54) is 7.11 Å². The predicted octanol–water partition coefficient (Wildman–Crippen LogP) is 3.66. The summed E-state index contributed by atoms with van der Waals surface area (Å²) in [5.74, 6) is 1.48. The molecule has 3 aromatic carbocycles. The van der Waals surface area contributed by atoms with Crippen LogP contribution in [0.4, 0.5) is 5.69 Å². The molecule has 3 aromatic rings. The number of carbonyl (C=O) groups is 2. The molecule has 0 aliphatic rings. The maximum Gasteiger partial charge on any atom is 0.262 e. The molecule has 0 spiro atoms. The summed E-state index contributed by atoms with van der Waals surface area (Å²) in [5, 5.41) is 5.60. The van der Waals surface area contributed by atoms with E-state index in [9.17, 15) is 9.59 Å². The molecule has 8 nitrogen and oxygen atoms in total. The van der Waals surface area contributed by atoms with Gasteiger partial charge in [-0.3, -0.25) is 9.59 Å². The van der Waals surface area contributed by atoms with Crippen LogP contribution >= 0.6 is 0 Å². The number of ether oxygens (including phenoxy) is 4. The lowest BCUT2D eigenvalue weighted by atomic mass is 10.1. The van der Waals surface area contributed by atoms with E-state index >= 15 is 0 Å². The summed E-state index contributed by atoms with van der Waals surface area (Å²) in [6.45, 7) is 0.0939. The van der Waals surface area contributed by atoms with Gasteiger partial charge in [0.05, 0.1) is 21.3 Å². The van der Waals surface area contributed by atoms with E-state index in [-0.39, 0.29) is 18.4 Å². The van der Waals surface area contributed by atoms with Crippen LogP contribution in [-0.2, 0) is 11.3 Å². The average Bonchev–Trinajstić information content (AvgIpc) is 2.86. The normalized spacial score (nSPS) is 10.2. The summed E-state index contributed by atoms with van der Waals surface area (Å²) in [5.41, 5.74) is 1.89. The Labute approximate surface area is 192 Å². The number of carbonyl (C=O) groups excluding carboxylic acids is 2. The van der Waals surface area contributed by atoms with Crippen molar-refractivity contribution in [2.24, 2.45) is 0 Å². The monoisotopic (exact) mass is 450 g/mol. The first-order valence-electron chi connectivity index (χ1n) is 10.2. The molecule has 0 aromatic heterocycles. The first kappa shape index (κ1) is 23.5. The minimum absolute atomic E-state index is 0.221. The zero-order valence-corrected chi connectivity index (χ0v) is 18.7. The molecule has 0 bridgehead atoms. The second-order valence-electron chi connectivity index (χ2n) is 6.93. The number of anilines is 1. The fraction of sp³-hybridized carbons (Fsp3) is 0.200. The lowest BCUT2D eigenvalue weighted by molar-refractivity contribution is -0.118. The largest absolute Gasteiger partial charge is 0.497 e. The molecule has 172 valence electrons. The first-order valence-corrected chi connectivity index (χ1v) is 10.2. The van der Waals surface area contributed by atoms with Gasteiger partial charge in [-0.1, -0.05) is 18.2 Å². The van der Waals surface area contributed by atoms with Crippen LogP contribution in [0.2, 0.25) is 0 Å². The summed E-state index contributed by atoms with van der Waals surface area (Å²) >= 11 is 0. The molecular weight excluding hydrogens is 424 g/mol. The Morgan fingerprint density at radius 2 is 1.52 bits per heavy atom. The van der Waals surface area contributed by atoms with Crippen molar-refractivity contribution >= 4 is 17.5 Å². The van der Waals surface area contributed by atoms with E-state index in [0.717, 1.165) is 5.56 Å². The highest BCUT2D eigenvalue weighted by Crippen LogP contribution is 2.28. The molecule has 0 radical (unpaired) electrons. The van der Waals surface area contributed by atoms with E-state index in [4.69, 9.17) is 18.9 Å². The zero-order chi connectivity index (χ0) is 23.6. The number of amides is 2. The number of methoxy groups -OCH3 is 3. The number of nitrogens with one attached hydrogen (secondary N) is 2. The second kappa shape index (κ2) is 11.4. The number of hydrogen-bond acceptors (Lipinski definition) is 6. The number of rotatable bonds is 10. The van der Waals surface area contributed by atoms with Crippen molar-refractivity contribution in [3.05, 3.63) is 77.9 Å². The molecular formula is C25H26N2O6. The van der Waals surface area contributed by atoms with Crippen molar-refractivity contribution in [1.82, 2.24) is 5.32 Å². The van der Waals surface area contributed by atoms with Crippen LogP contribution in [0.5, 0.6) is 23.0 Å². The third-order valence-corrected chi connectivity index (χ3v) is 4.79.